The number of esters is 3. The first-order valence-corrected chi connectivity index (χ1v) is 22.7. The van der Waals surface area contributed by atoms with Gasteiger partial charge in [0.25, 0.3) is 0 Å². The maximum absolute atomic E-state index is 12.7. The minimum Gasteiger partial charge on any atom is -0.462 e. The summed E-state index contributed by atoms with van der Waals surface area (Å²) in [6.07, 6.45) is 43.3. The Balaban J connectivity index is 4.33. The second-order valence-corrected chi connectivity index (χ2v) is 15.3. The molecular weight excluding hydrogens is 648 g/mol. The van der Waals surface area contributed by atoms with E-state index in [4.69, 9.17) is 14.2 Å². The highest BCUT2D eigenvalue weighted by atomic mass is 16.6. The first-order chi connectivity index (χ1) is 25.5. The SMILES string of the molecule is CCCC/C=C\CCCCCCC(=O)OCC(COC(=O)CCCCCCCCCCCCCCC)OC(=O)CCCCCCCCCCCCC. The molecule has 0 bridgehead atoms. The van der Waals surface area contributed by atoms with Gasteiger partial charge in [0.05, 0.1) is 0 Å². The molecule has 0 radical (unpaired) electrons. The minimum absolute atomic E-state index is 0.0691. The van der Waals surface area contributed by atoms with E-state index >= 15 is 0 Å². The maximum atomic E-state index is 12.7. The third-order valence-electron chi connectivity index (χ3n) is 10.0. The zero-order valence-corrected chi connectivity index (χ0v) is 34.8. The molecule has 0 aromatic rings. The number of carbonyl (C=O) groups excluding carboxylic acids is 3. The predicted octanol–water partition coefficient (Wildman–Crippen LogP) is 14.3. The zero-order chi connectivity index (χ0) is 38.0. The van der Waals surface area contributed by atoms with Crippen LogP contribution in [0.4, 0.5) is 0 Å². The van der Waals surface area contributed by atoms with E-state index in [0.29, 0.717) is 19.3 Å². The molecule has 0 heterocycles. The maximum Gasteiger partial charge on any atom is 0.306 e. The molecule has 1 atom stereocenters. The lowest BCUT2D eigenvalue weighted by atomic mass is 10.0. The first kappa shape index (κ1) is 50.1. The van der Waals surface area contributed by atoms with Crippen LogP contribution in [0.5, 0.6) is 0 Å². The molecule has 306 valence electrons. The molecule has 0 saturated carbocycles. The van der Waals surface area contributed by atoms with E-state index in [-0.39, 0.29) is 31.1 Å². The van der Waals surface area contributed by atoms with Crippen LogP contribution >= 0.6 is 0 Å². The summed E-state index contributed by atoms with van der Waals surface area (Å²) in [5, 5.41) is 0. The molecule has 0 rings (SSSR count). The van der Waals surface area contributed by atoms with E-state index < -0.39 is 6.10 Å². The van der Waals surface area contributed by atoms with Crippen LogP contribution in [0.15, 0.2) is 12.2 Å². The minimum atomic E-state index is -0.765. The molecule has 6 heteroatoms. The average Bonchev–Trinajstić information content (AvgIpc) is 3.14. The molecule has 0 aliphatic carbocycles. The molecular formula is C46H86O6. The first-order valence-electron chi connectivity index (χ1n) is 22.7. The van der Waals surface area contributed by atoms with Crippen LogP contribution in [0.2, 0.25) is 0 Å². The molecule has 0 aliphatic rings. The Hall–Kier alpha value is -1.85. The van der Waals surface area contributed by atoms with Gasteiger partial charge in [-0.1, -0.05) is 200 Å². The largest absolute Gasteiger partial charge is 0.462 e. The van der Waals surface area contributed by atoms with Crippen molar-refractivity contribution in [3.05, 3.63) is 12.2 Å². The Morgan fingerprint density at radius 1 is 0.365 bits per heavy atom. The summed E-state index contributed by atoms with van der Waals surface area (Å²) in [7, 11) is 0. The van der Waals surface area contributed by atoms with Crippen molar-refractivity contribution in [3.63, 3.8) is 0 Å². The van der Waals surface area contributed by atoms with Gasteiger partial charge in [-0.05, 0) is 38.5 Å². The van der Waals surface area contributed by atoms with Gasteiger partial charge in [0, 0.05) is 19.3 Å². The van der Waals surface area contributed by atoms with Crippen LogP contribution in [-0.2, 0) is 28.6 Å². The van der Waals surface area contributed by atoms with Crippen LogP contribution in [-0.4, -0.2) is 37.2 Å². The van der Waals surface area contributed by atoms with Crippen LogP contribution in [0.1, 0.15) is 245 Å². The summed E-state index contributed by atoms with van der Waals surface area (Å²) in [6.45, 7) is 6.58. The summed E-state index contributed by atoms with van der Waals surface area (Å²) in [5.41, 5.74) is 0. The second kappa shape index (κ2) is 41.9. The molecule has 0 N–H and O–H groups in total. The molecule has 0 aromatic carbocycles. The lowest BCUT2D eigenvalue weighted by Gasteiger charge is -2.18. The molecule has 0 saturated heterocycles. The fraction of sp³-hybridized carbons (Fsp3) is 0.891. The number of hydrogen-bond acceptors (Lipinski definition) is 6. The van der Waals surface area contributed by atoms with Crippen LogP contribution in [0.25, 0.3) is 0 Å². The van der Waals surface area contributed by atoms with E-state index in [2.05, 4.69) is 32.9 Å². The Bertz CT molecular complexity index is 809. The van der Waals surface area contributed by atoms with E-state index in [9.17, 15) is 14.4 Å². The molecule has 0 amide bonds. The van der Waals surface area contributed by atoms with Crippen LogP contribution in [0, 0.1) is 0 Å². The van der Waals surface area contributed by atoms with Crippen molar-refractivity contribution in [2.75, 3.05) is 13.2 Å². The molecule has 1 unspecified atom stereocenters. The fourth-order valence-electron chi connectivity index (χ4n) is 6.54. The van der Waals surface area contributed by atoms with Gasteiger partial charge in [-0.25, -0.2) is 0 Å². The summed E-state index contributed by atoms with van der Waals surface area (Å²) in [4.78, 5) is 37.6. The Morgan fingerprint density at radius 2 is 0.654 bits per heavy atom. The van der Waals surface area contributed by atoms with Crippen molar-refractivity contribution in [2.45, 2.75) is 252 Å². The molecule has 0 fully saturated rings. The number of allylic oxidation sites excluding steroid dienone is 2. The van der Waals surface area contributed by atoms with Gasteiger partial charge in [0.2, 0.25) is 0 Å². The number of carbonyl (C=O) groups is 3. The Kier molecular flexibility index (Phi) is 40.4. The monoisotopic (exact) mass is 735 g/mol. The van der Waals surface area contributed by atoms with Gasteiger partial charge in [0.15, 0.2) is 6.10 Å². The molecule has 6 nitrogen and oxygen atoms in total. The van der Waals surface area contributed by atoms with Crippen molar-refractivity contribution < 1.29 is 28.6 Å². The Morgan fingerprint density at radius 3 is 1.02 bits per heavy atom. The van der Waals surface area contributed by atoms with Crippen LogP contribution < -0.4 is 0 Å². The normalized spacial score (nSPS) is 12.0. The lowest BCUT2D eigenvalue weighted by Crippen LogP contribution is -2.30. The summed E-state index contributed by atoms with van der Waals surface area (Å²) in [6, 6.07) is 0. The number of unbranched alkanes of at least 4 members (excludes halogenated alkanes) is 28. The molecule has 0 spiro atoms. The standard InChI is InChI=1S/C46H86O6/c1-4-7-10-13-16-19-22-23-25-27-30-33-36-39-45(48)51-42-43(41-50-44(47)38-35-32-29-26-21-18-15-12-9-6-3)52-46(49)40-37-34-31-28-24-20-17-14-11-8-5-2/h15,18,43H,4-14,16-17,19-42H2,1-3H3/b18-15-. The topological polar surface area (TPSA) is 78.9 Å². The van der Waals surface area contributed by atoms with Crippen molar-refractivity contribution in [1.29, 1.82) is 0 Å². The van der Waals surface area contributed by atoms with E-state index in [0.717, 1.165) is 77.0 Å². The Labute approximate surface area is 322 Å². The third-order valence-corrected chi connectivity index (χ3v) is 10.0. The number of hydrogen-bond donors (Lipinski definition) is 0. The predicted molar refractivity (Wildman–Crippen MR) is 220 cm³/mol. The fourth-order valence-corrected chi connectivity index (χ4v) is 6.54. The van der Waals surface area contributed by atoms with Crippen molar-refractivity contribution in [1.82, 2.24) is 0 Å². The van der Waals surface area contributed by atoms with Crippen molar-refractivity contribution >= 4 is 17.9 Å². The lowest BCUT2D eigenvalue weighted by molar-refractivity contribution is -0.167. The highest BCUT2D eigenvalue weighted by Gasteiger charge is 2.19. The second-order valence-electron chi connectivity index (χ2n) is 15.3. The van der Waals surface area contributed by atoms with Gasteiger partial charge >= 0.3 is 17.9 Å². The number of ether oxygens (including phenoxy) is 3. The zero-order valence-electron chi connectivity index (χ0n) is 34.8. The summed E-state index contributed by atoms with van der Waals surface area (Å²) < 4.78 is 16.7. The van der Waals surface area contributed by atoms with Crippen molar-refractivity contribution in [2.24, 2.45) is 0 Å². The van der Waals surface area contributed by atoms with E-state index in [1.807, 2.05) is 0 Å². The molecule has 0 aromatic heterocycles. The summed E-state index contributed by atoms with van der Waals surface area (Å²) >= 11 is 0. The summed E-state index contributed by atoms with van der Waals surface area (Å²) in [5.74, 6) is -0.876. The quantitative estimate of drug-likeness (QED) is 0.0269. The molecule has 0 aliphatic heterocycles. The highest BCUT2D eigenvalue weighted by molar-refractivity contribution is 5.71. The van der Waals surface area contributed by atoms with Gasteiger partial charge in [0.1, 0.15) is 13.2 Å². The van der Waals surface area contributed by atoms with Crippen molar-refractivity contribution in [3.8, 4) is 0 Å². The van der Waals surface area contributed by atoms with E-state index in [1.54, 1.807) is 0 Å². The highest BCUT2D eigenvalue weighted by Crippen LogP contribution is 2.15. The third kappa shape index (κ3) is 39.4. The van der Waals surface area contributed by atoms with Gasteiger partial charge < -0.3 is 14.2 Å². The molecule has 52 heavy (non-hydrogen) atoms. The average molecular weight is 735 g/mol. The van der Waals surface area contributed by atoms with Crippen LogP contribution in [0.3, 0.4) is 0 Å². The van der Waals surface area contributed by atoms with Gasteiger partial charge in [-0.15, -0.1) is 0 Å². The smallest absolute Gasteiger partial charge is 0.306 e. The van der Waals surface area contributed by atoms with Gasteiger partial charge in [-0.3, -0.25) is 14.4 Å². The van der Waals surface area contributed by atoms with Gasteiger partial charge in [-0.2, -0.15) is 0 Å². The number of rotatable bonds is 41. The van der Waals surface area contributed by atoms with E-state index in [1.165, 1.54) is 128 Å².